The molecule has 1 saturated carbocycles. The van der Waals surface area contributed by atoms with Crippen LogP contribution in [0.3, 0.4) is 0 Å². The Hall–Kier alpha value is -4.89. The number of cyclic esters (lactones) is 1. The molecule has 15 heteroatoms. The number of nitrogens with zero attached hydrogens (tertiary/aromatic N) is 2. The summed E-state index contributed by atoms with van der Waals surface area (Å²) in [7, 11) is 1.19. The fourth-order valence-electron chi connectivity index (χ4n) is 7.26. The highest BCUT2D eigenvalue weighted by Gasteiger charge is 2.51. The van der Waals surface area contributed by atoms with Gasteiger partial charge < -0.3 is 39.8 Å². The summed E-state index contributed by atoms with van der Waals surface area (Å²) < 4.78 is 32.0. The molecule has 14 nitrogen and oxygen atoms in total. The quantitative estimate of drug-likeness (QED) is 0.116. The number of esters is 1. The van der Waals surface area contributed by atoms with E-state index in [9.17, 15) is 29.1 Å². The highest BCUT2D eigenvalue weighted by Crippen LogP contribution is 2.49. The maximum absolute atomic E-state index is 15.2. The van der Waals surface area contributed by atoms with Gasteiger partial charge in [-0.2, -0.15) is 0 Å². The first-order valence-corrected chi connectivity index (χ1v) is 16.2. The fourth-order valence-corrected chi connectivity index (χ4v) is 7.26. The second kappa shape index (κ2) is 11.9. The second-order valence-corrected chi connectivity index (χ2v) is 13.1. The van der Waals surface area contributed by atoms with Crippen molar-refractivity contribution in [1.29, 1.82) is 0 Å². The zero-order valence-electron chi connectivity index (χ0n) is 27.3. The molecule has 7 rings (SSSR count). The number of pyridine rings is 2. The number of nitrogens with one attached hydrogen (secondary N) is 3. The summed E-state index contributed by atoms with van der Waals surface area (Å²) >= 11 is 0. The predicted molar refractivity (Wildman–Crippen MR) is 169 cm³/mol. The molecule has 4 aliphatic rings. The van der Waals surface area contributed by atoms with Crippen LogP contribution in [0.5, 0.6) is 0 Å². The fraction of sp³-hybridized carbons (Fsp3) is 0.471. The number of aryl methyl sites for hydroxylation is 1. The lowest BCUT2D eigenvalue weighted by atomic mass is 9.81. The molecule has 3 aromatic rings. The number of carbonyl (C=O) groups excluding carboxylic acids is 4. The SMILES string of the molecule is CC[C@@]1(O)C(=O)OCc2c1cc1n(c2=O)Cc2c-1nc1cc(F)c(C)c3c1c2[C@@H](NC(=O)C1(COCNC(=O)CNC(=O)OC)CC1)CC3. The summed E-state index contributed by atoms with van der Waals surface area (Å²) in [5, 5.41) is 20.0. The van der Waals surface area contributed by atoms with Crippen LogP contribution in [-0.2, 0) is 53.8 Å². The summed E-state index contributed by atoms with van der Waals surface area (Å²) in [6.45, 7) is 2.84. The lowest BCUT2D eigenvalue weighted by Gasteiger charge is -2.31. The smallest absolute Gasteiger partial charge is 0.407 e. The van der Waals surface area contributed by atoms with Crippen LogP contribution in [0, 0.1) is 18.2 Å². The summed E-state index contributed by atoms with van der Waals surface area (Å²) in [4.78, 5) is 68.3. The predicted octanol–water partition coefficient (Wildman–Crippen LogP) is 1.86. The molecule has 1 fully saturated rings. The van der Waals surface area contributed by atoms with Gasteiger partial charge in [-0.3, -0.25) is 14.4 Å². The van der Waals surface area contributed by atoms with Gasteiger partial charge in [0.05, 0.1) is 54.2 Å². The number of fused-ring (bicyclic) bond motifs is 5. The molecule has 4 N–H and O–H groups in total. The van der Waals surface area contributed by atoms with Crippen molar-refractivity contribution < 1.29 is 42.9 Å². The van der Waals surface area contributed by atoms with E-state index in [-0.39, 0.29) is 56.5 Å². The molecule has 0 saturated heterocycles. The number of hydrogen-bond donors (Lipinski definition) is 4. The third kappa shape index (κ3) is 5.22. The molecule has 1 aromatic carbocycles. The molecular formula is C34H36FN5O9. The van der Waals surface area contributed by atoms with Gasteiger partial charge in [-0.25, -0.2) is 19.0 Å². The Bertz CT molecular complexity index is 2020. The number of ether oxygens (including phenoxy) is 3. The monoisotopic (exact) mass is 677 g/mol. The van der Waals surface area contributed by atoms with Gasteiger partial charge >= 0.3 is 12.1 Å². The Kier molecular flexibility index (Phi) is 7.94. The van der Waals surface area contributed by atoms with Crippen molar-refractivity contribution >= 4 is 34.8 Å². The normalized spacial score (nSPS) is 20.8. The number of aromatic nitrogens is 2. The van der Waals surface area contributed by atoms with Crippen LogP contribution in [0.4, 0.5) is 9.18 Å². The molecule has 2 atom stereocenters. The van der Waals surface area contributed by atoms with Gasteiger partial charge in [0.25, 0.3) is 5.56 Å². The van der Waals surface area contributed by atoms with Crippen LogP contribution >= 0.6 is 0 Å². The summed E-state index contributed by atoms with van der Waals surface area (Å²) in [5.41, 5.74) is 1.16. The van der Waals surface area contributed by atoms with Gasteiger partial charge in [-0.15, -0.1) is 0 Å². The molecular weight excluding hydrogens is 641 g/mol. The van der Waals surface area contributed by atoms with Crippen molar-refractivity contribution in [2.24, 2.45) is 5.41 Å². The van der Waals surface area contributed by atoms with Gasteiger partial charge in [-0.05, 0) is 61.8 Å². The molecule has 0 radical (unpaired) electrons. The minimum atomic E-state index is -1.99. The van der Waals surface area contributed by atoms with Crippen LogP contribution in [0.25, 0.3) is 22.3 Å². The number of methoxy groups -OCH3 is 1. The highest BCUT2D eigenvalue weighted by atomic mass is 19.1. The zero-order valence-corrected chi connectivity index (χ0v) is 27.3. The van der Waals surface area contributed by atoms with Crippen molar-refractivity contribution in [2.45, 2.75) is 70.7 Å². The van der Waals surface area contributed by atoms with Crippen molar-refractivity contribution in [1.82, 2.24) is 25.5 Å². The van der Waals surface area contributed by atoms with Crippen LogP contribution in [-0.4, -0.2) is 65.5 Å². The number of benzene rings is 1. The summed E-state index contributed by atoms with van der Waals surface area (Å²) in [5.74, 6) is -1.94. The number of aliphatic hydroxyl groups is 1. The van der Waals surface area contributed by atoms with Gasteiger partial charge in [0.2, 0.25) is 11.8 Å². The van der Waals surface area contributed by atoms with E-state index in [0.717, 1.165) is 16.5 Å². The van der Waals surface area contributed by atoms with E-state index in [2.05, 4.69) is 20.7 Å². The first-order valence-electron chi connectivity index (χ1n) is 16.2. The molecule has 0 bridgehead atoms. The standard InChI is InChI=1S/C34H36FN5O9/c1-4-34(46)20-9-24-28-18(12-40(24)29(42)19(20)13-49-31(34)44)27-22(6-5-17-16(2)21(35)10-23(38-28)26(17)27)39-30(43)33(7-8-33)14-48-15-37-25(41)11-36-32(45)47-3/h9-10,22,46H,4-8,11-15H2,1-3H3,(H,36,45)(H,37,41)(H,39,43)/t22-,34-/m0/s1. The number of amides is 3. The van der Waals surface area contributed by atoms with E-state index >= 15 is 4.39 Å². The molecule has 2 aromatic heterocycles. The van der Waals surface area contributed by atoms with Crippen LogP contribution in [0.2, 0.25) is 0 Å². The van der Waals surface area contributed by atoms with E-state index in [1.165, 1.54) is 17.7 Å². The second-order valence-electron chi connectivity index (χ2n) is 13.1. The molecule has 2 aliphatic carbocycles. The minimum Gasteiger partial charge on any atom is -0.458 e. The molecule has 49 heavy (non-hydrogen) atoms. The molecule has 4 heterocycles. The molecule has 2 aliphatic heterocycles. The number of alkyl carbamates (subject to hydrolysis) is 1. The first kappa shape index (κ1) is 32.6. The van der Waals surface area contributed by atoms with Gasteiger partial charge in [-0.1, -0.05) is 6.92 Å². The number of rotatable bonds is 9. The van der Waals surface area contributed by atoms with E-state index in [1.54, 1.807) is 19.9 Å². The van der Waals surface area contributed by atoms with Crippen molar-refractivity contribution in [3.63, 3.8) is 0 Å². The van der Waals surface area contributed by atoms with E-state index in [4.69, 9.17) is 14.5 Å². The lowest BCUT2D eigenvalue weighted by molar-refractivity contribution is -0.172. The Balaban J connectivity index is 1.20. The van der Waals surface area contributed by atoms with Gasteiger partial charge in [0.15, 0.2) is 5.60 Å². The number of halogens is 1. The van der Waals surface area contributed by atoms with Crippen molar-refractivity contribution in [2.75, 3.05) is 27.0 Å². The Labute approximate surface area is 279 Å². The van der Waals surface area contributed by atoms with Crippen LogP contribution < -0.4 is 21.5 Å². The largest absolute Gasteiger partial charge is 0.458 e. The average molecular weight is 678 g/mol. The summed E-state index contributed by atoms with van der Waals surface area (Å²) in [6, 6.07) is 2.50. The highest BCUT2D eigenvalue weighted by molar-refractivity contribution is 5.94. The topological polar surface area (TPSA) is 187 Å². The molecule has 3 amide bonds. The van der Waals surface area contributed by atoms with Crippen molar-refractivity contribution in [3.8, 4) is 11.4 Å². The minimum absolute atomic E-state index is 0.00260. The van der Waals surface area contributed by atoms with Crippen molar-refractivity contribution in [3.05, 3.63) is 61.7 Å². The maximum atomic E-state index is 15.2. The molecule has 258 valence electrons. The number of carbonyl (C=O) groups is 4. The van der Waals surface area contributed by atoms with E-state index in [0.29, 0.717) is 53.7 Å². The third-order valence-electron chi connectivity index (χ3n) is 10.3. The Morgan fingerprint density at radius 3 is 2.65 bits per heavy atom. The Morgan fingerprint density at radius 1 is 1.16 bits per heavy atom. The molecule has 0 unspecified atom stereocenters. The zero-order chi connectivity index (χ0) is 34.8. The van der Waals surface area contributed by atoms with E-state index < -0.39 is 46.4 Å². The van der Waals surface area contributed by atoms with Gasteiger partial charge in [0.1, 0.15) is 25.7 Å². The lowest BCUT2D eigenvalue weighted by Crippen LogP contribution is -2.44. The first-order chi connectivity index (χ1) is 23.4. The van der Waals surface area contributed by atoms with Gasteiger partial charge in [0, 0.05) is 22.6 Å². The third-order valence-corrected chi connectivity index (χ3v) is 10.3. The average Bonchev–Trinajstić information content (AvgIpc) is 3.80. The maximum Gasteiger partial charge on any atom is 0.407 e. The van der Waals surface area contributed by atoms with Crippen LogP contribution in [0.1, 0.15) is 72.0 Å². The molecule has 0 spiro atoms. The number of hydrogen-bond acceptors (Lipinski definition) is 10. The Morgan fingerprint density at radius 2 is 1.94 bits per heavy atom. The summed E-state index contributed by atoms with van der Waals surface area (Å²) in [6.07, 6.45) is 1.41. The van der Waals surface area contributed by atoms with E-state index in [1.807, 2.05) is 0 Å². The van der Waals surface area contributed by atoms with Crippen LogP contribution in [0.15, 0.2) is 16.9 Å².